The highest BCUT2D eigenvalue weighted by molar-refractivity contribution is 6.51. The van der Waals surface area contributed by atoms with Gasteiger partial charge in [-0.2, -0.15) is 0 Å². The van der Waals surface area contributed by atoms with Crippen molar-refractivity contribution < 1.29 is 23.9 Å². The van der Waals surface area contributed by atoms with Crippen molar-refractivity contribution in [2.45, 2.75) is 59.2 Å². The van der Waals surface area contributed by atoms with Crippen LogP contribution in [-0.2, 0) is 23.9 Å². The fourth-order valence-electron chi connectivity index (χ4n) is 5.90. The molecule has 140 valence electrons. The third-order valence-electron chi connectivity index (χ3n) is 6.92. The summed E-state index contributed by atoms with van der Waals surface area (Å²) >= 11 is 0. The Bertz CT molecular complexity index is 784. The molecule has 0 aromatic heterocycles. The largest absolute Gasteiger partial charge is 0.458 e. The van der Waals surface area contributed by atoms with E-state index in [1.165, 1.54) is 0 Å². The first-order valence-corrected chi connectivity index (χ1v) is 9.46. The van der Waals surface area contributed by atoms with Crippen molar-refractivity contribution in [1.29, 1.82) is 0 Å². The van der Waals surface area contributed by atoms with Gasteiger partial charge in [0.2, 0.25) is 11.6 Å². The van der Waals surface area contributed by atoms with Gasteiger partial charge in [-0.05, 0) is 35.8 Å². The van der Waals surface area contributed by atoms with Gasteiger partial charge >= 0.3 is 5.97 Å². The smallest absolute Gasteiger partial charge is 0.317 e. The lowest BCUT2D eigenvalue weighted by Crippen LogP contribution is -2.57. The maximum atomic E-state index is 13.2. The second-order valence-electron chi connectivity index (χ2n) is 9.06. The number of esters is 1. The Balaban J connectivity index is 2.03. The second-order valence-corrected chi connectivity index (χ2v) is 9.06. The molecule has 4 atom stereocenters. The Morgan fingerprint density at radius 1 is 1.15 bits per heavy atom. The van der Waals surface area contributed by atoms with E-state index in [1.807, 2.05) is 13.8 Å². The number of carbonyl (C=O) groups is 3. The number of ketones is 2. The maximum Gasteiger partial charge on any atom is 0.317 e. The van der Waals surface area contributed by atoms with Crippen molar-refractivity contribution >= 4 is 17.5 Å². The molecule has 5 nitrogen and oxygen atoms in total. The summed E-state index contributed by atoms with van der Waals surface area (Å²) in [5.41, 5.74) is 0.367. The van der Waals surface area contributed by atoms with Crippen LogP contribution in [0.2, 0.25) is 0 Å². The Morgan fingerprint density at radius 3 is 2.46 bits per heavy atom. The number of carbonyl (C=O) groups excluding carboxylic acids is 3. The van der Waals surface area contributed by atoms with E-state index in [4.69, 9.17) is 9.47 Å². The van der Waals surface area contributed by atoms with Crippen LogP contribution in [0.5, 0.6) is 0 Å². The molecule has 0 aromatic carbocycles. The molecule has 5 heteroatoms. The van der Waals surface area contributed by atoms with E-state index in [0.717, 1.165) is 12.8 Å². The van der Waals surface area contributed by atoms with Crippen LogP contribution >= 0.6 is 0 Å². The van der Waals surface area contributed by atoms with Gasteiger partial charge in [0.15, 0.2) is 0 Å². The highest BCUT2D eigenvalue weighted by Crippen LogP contribution is 2.65. The molecule has 4 aliphatic rings. The van der Waals surface area contributed by atoms with Crippen molar-refractivity contribution in [3.63, 3.8) is 0 Å². The molecule has 26 heavy (non-hydrogen) atoms. The van der Waals surface area contributed by atoms with E-state index < -0.39 is 29.2 Å². The van der Waals surface area contributed by atoms with Gasteiger partial charge in [-0.25, -0.2) is 0 Å². The number of rotatable bonds is 2. The normalized spacial score (nSPS) is 38.2. The topological polar surface area (TPSA) is 69.7 Å². The van der Waals surface area contributed by atoms with Gasteiger partial charge in [-0.1, -0.05) is 34.1 Å². The van der Waals surface area contributed by atoms with Gasteiger partial charge < -0.3 is 9.47 Å². The zero-order chi connectivity index (χ0) is 19.0. The molecule has 1 heterocycles. The minimum Gasteiger partial charge on any atom is -0.458 e. The van der Waals surface area contributed by atoms with E-state index in [2.05, 4.69) is 13.8 Å². The number of allylic oxidation sites excluding steroid dienone is 1. The van der Waals surface area contributed by atoms with Crippen LogP contribution in [0, 0.1) is 22.7 Å². The SMILES string of the molecule is COC1C2=C(C(=O)C(=O)C(C(C)C)=C2)C23CCCC(C)(C)C2C1OC3=O. The molecule has 1 saturated carbocycles. The Kier molecular flexibility index (Phi) is 3.65. The zero-order valence-electron chi connectivity index (χ0n) is 16.0. The zero-order valence-corrected chi connectivity index (χ0v) is 16.0. The lowest BCUT2D eigenvalue weighted by Gasteiger charge is -2.52. The van der Waals surface area contributed by atoms with Crippen LogP contribution < -0.4 is 0 Å². The summed E-state index contributed by atoms with van der Waals surface area (Å²) in [7, 11) is 1.58. The average Bonchev–Trinajstić information content (AvgIpc) is 2.81. The van der Waals surface area contributed by atoms with E-state index in [1.54, 1.807) is 13.2 Å². The third-order valence-corrected chi connectivity index (χ3v) is 6.92. The maximum absolute atomic E-state index is 13.2. The van der Waals surface area contributed by atoms with Crippen molar-refractivity contribution in [2.24, 2.45) is 22.7 Å². The number of Topliss-reactive ketones (excluding diaryl/α,β-unsaturated/α-hetero) is 2. The minimum atomic E-state index is -0.997. The standard InChI is InChI=1S/C21H26O5/c1-10(2)11-9-12-13(15(23)14(11)22)21-8-6-7-20(3,4)18(21)17(16(12)25-5)26-19(21)24/h9-10,16-18H,6-8H2,1-5H3. The molecule has 0 N–H and O–H groups in total. The lowest BCUT2D eigenvalue weighted by molar-refractivity contribution is -0.150. The van der Waals surface area contributed by atoms with Crippen LogP contribution in [0.4, 0.5) is 0 Å². The van der Waals surface area contributed by atoms with Crippen molar-refractivity contribution in [3.05, 3.63) is 22.8 Å². The highest BCUT2D eigenvalue weighted by atomic mass is 16.6. The molecular weight excluding hydrogens is 332 g/mol. The van der Waals surface area contributed by atoms with Gasteiger partial charge in [0.25, 0.3) is 0 Å². The molecule has 1 saturated heterocycles. The molecule has 4 unspecified atom stereocenters. The molecule has 0 radical (unpaired) electrons. The van der Waals surface area contributed by atoms with E-state index in [0.29, 0.717) is 23.1 Å². The predicted octanol–water partition coefficient (Wildman–Crippen LogP) is 2.78. The number of ether oxygens (including phenoxy) is 2. The number of hydrogen-bond donors (Lipinski definition) is 0. The fourth-order valence-corrected chi connectivity index (χ4v) is 5.90. The Morgan fingerprint density at radius 2 is 1.85 bits per heavy atom. The molecule has 2 bridgehead atoms. The summed E-state index contributed by atoms with van der Waals surface area (Å²) in [6, 6.07) is 0. The number of hydrogen-bond acceptors (Lipinski definition) is 5. The quantitative estimate of drug-likeness (QED) is 0.431. The number of methoxy groups -OCH3 is 1. The van der Waals surface area contributed by atoms with Crippen LogP contribution in [0.25, 0.3) is 0 Å². The fraction of sp³-hybridized carbons (Fsp3) is 0.667. The molecule has 2 fully saturated rings. The van der Waals surface area contributed by atoms with Crippen molar-refractivity contribution in [3.8, 4) is 0 Å². The van der Waals surface area contributed by atoms with Gasteiger partial charge in [-0.15, -0.1) is 0 Å². The molecule has 3 aliphatic carbocycles. The van der Waals surface area contributed by atoms with Gasteiger partial charge in [0.05, 0.1) is 0 Å². The van der Waals surface area contributed by atoms with Gasteiger partial charge in [-0.3, -0.25) is 14.4 Å². The Labute approximate surface area is 153 Å². The molecule has 1 aliphatic heterocycles. The molecular formula is C21H26O5. The first-order valence-electron chi connectivity index (χ1n) is 9.46. The second kappa shape index (κ2) is 5.38. The molecule has 0 aromatic rings. The first-order chi connectivity index (χ1) is 12.2. The van der Waals surface area contributed by atoms with Crippen LogP contribution in [0.15, 0.2) is 22.8 Å². The summed E-state index contributed by atoms with van der Waals surface area (Å²) < 4.78 is 11.6. The van der Waals surface area contributed by atoms with Gasteiger partial charge in [0, 0.05) is 24.2 Å². The van der Waals surface area contributed by atoms with E-state index in [-0.39, 0.29) is 23.2 Å². The van der Waals surface area contributed by atoms with E-state index >= 15 is 0 Å². The van der Waals surface area contributed by atoms with Crippen LogP contribution in [0.3, 0.4) is 0 Å². The summed E-state index contributed by atoms with van der Waals surface area (Å²) in [5.74, 6) is -1.58. The first kappa shape index (κ1) is 17.7. The van der Waals surface area contributed by atoms with Crippen molar-refractivity contribution in [2.75, 3.05) is 7.11 Å². The molecule has 4 rings (SSSR count). The van der Waals surface area contributed by atoms with Crippen molar-refractivity contribution in [1.82, 2.24) is 0 Å². The minimum absolute atomic E-state index is 0.0645. The monoisotopic (exact) mass is 358 g/mol. The van der Waals surface area contributed by atoms with Crippen LogP contribution in [-0.4, -0.2) is 36.9 Å². The van der Waals surface area contributed by atoms with Gasteiger partial charge in [0.1, 0.15) is 17.6 Å². The summed E-state index contributed by atoms with van der Waals surface area (Å²) in [6.45, 7) is 8.05. The summed E-state index contributed by atoms with van der Waals surface area (Å²) in [5, 5.41) is 0. The average molecular weight is 358 g/mol. The highest BCUT2D eigenvalue weighted by Gasteiger charge is 2.71. The third kappa shape index (κ3) is 1.92. The lowest BCUT2D eigenvalue weighted by atomic mass is 9.48. The summed E-state index contributed by atoms with van der Waals surface area (Å²) in [4.78, 5) is 39.1. The summed E-state index contributed by atoms with van der Waals surface area (Å²) in [6.07, 6.45) is 3.25. The predicted molar refractivity (Wildman–Crippen MR) is 94.2 cm³/mol. The Hall–Kier alpha value is -1.75. The molecule has 0 amide bonds. The van der Waals surface area contributed by atoms with Crippen LogP contribution in [0.1, 0.15) is 47.0 Å². The van der Waals surface area contributed by atoms with E-state index in [9.17, 15) is 14.4 Å². The molecule has 0 spiro atoms.